The summed E-state index contributed by atoms with van der Waals surface area (Å²) in [5, 5.41) is 3.27. The van der Waals surface area contributed by atoms with Gasteiger partial charge in [-0.2, -0.15) is 0 Å². The Hall–Kier alpha value is -2.70. The van der Waals surface area contributed by atoms with Gasteiger partial charge in [0.2, 0.25) is 0 Å². The molecule has 2 aromatic heterocycles. The number of thiazole rings is 1. The lowest BCUT2D eigenvalue weighted by molar-refractivity contribution is 0.102. The molecule has 5 nitrogen and oxygen atoms in total. The molecular weight excluding hydrogens is 358 g/mol. The Bertz CT molecular complexity index is 1200. The molecule has 2 heterocycles. The van der Waals surface area contributed by atoms with Gasteiger partial charge in [-0.15, -0.1) is 0 Å². The molecule has 124 valence electrons. The van der Waals surface area contributed by atoms with Crippen molar-refractivity contribution in [3.8, 4) is 0 Å². The monoisotopic (exact) mass is 369 g/mol. The van der Waals surface area contributed by atoms with Crippen molar-refractivity contribution in [2.75, 3.05) is 5.32 Å². The first-order chi connectivity index (χ1) is 12.0. The van der Waals surface area contributed by atoms with Gasteiger partial charge in [0.15, 0.2) is 4.96 Å². The predicted octanol–water partition coefficient (Wildman–Crippen LogP) is 4.12. The van der Waals surface area contributed by atoms with Crippen molar-refractivity contribution in [1.29, 1.82) is 0 Å². The molecule has 0 spiro atoms. The Kier molecular flexibility index (Phi) is 3.78. The molecule has 0 bridgehead atoms. The van der Waals surface area contributed by atoms with Crippen molar-refractivity contribution < 1.29 is 4.79 Å². The van der Waals surface area contributed by atoms with Gasteiger partial charge in [-0.25, -0.2) is 9.38 Å². The first-order valence-corrected chi connectivity index (χ1v) is 8.71. The molecule has 0 fully saturated rings. The number of fused-ring (bicyclic) bond motifs is 3. The molecule has 0 atom stereocenters. The molecule has 1 amide bonds. The van der Waals surface area contributed by atoms with E-state index in [2.05, 4.69) is 10.3 Å². The molecule has 4 aromatic rings. The standard InChI is InChI=1S/C18H12ClN3O2S/c1-10-4-2-3-5-12(10)16(23)21-13-9-20-18-22(17(13)24)14-7-6-11(19)8-15(14)25-18/h2-9H,1H3,(H,21,23). The molecule has 0 aliphatic heterocycles. The average Bonchev–Trinajstić information content (AvgIpc) is 2.95. The van der Waals surface area contributed by atoms with Crippen molar-refractivity contribution in [2.45, 2.75) is 6.92 Å². The molecule has 0 aliphatic rings. The van der Waals surface area contributed by atoms with E-state index in [4.69, 9.17) is 11.6 Å². The van der Waals surface area contributed by atoms with Crippen LogP contribution in [0.2, 0.25) is 5.02 Å². The zero-order valence-electron chi connectivity index (χ0n) is 13.1. The van der Waals surface area contributed by atoms with E-state index in [1.54, 1.807) is 30.3 Å². The molecule has 0 radical (unpaired) electrons. The number of anilines is 1. The molecule has 7 heteroatoms. The van der Waals surface area contributed by atoms with Gasteiger partial charge in [-0.3, -0.25) is 9.59 Å². The fourth-order valence-corrected chi connectivity index (χ4v) is 3.94. The van der Waals surface area contributed by atoms with Gasteiger partial charge >= 0.3 is 0 Å². The average molecular weight is 370 g/mol. The molecular formula is C18H12ClN3O2S. The molecule has 0 unspecified atom stereocenters. The van der Waals surface area contributed by atoms with Gasteiger partial charge in [0.25, 0.3) is 11.5 Å². The third-order valence-electron chi connectivity index (χ3n) is 3.93. The van der Waals surface area contributed by atoms with E-state index < -0.39 is 0 Å². The van der Waals surface area contributed by atoms with Gasteiger partial charge in [-0.1, -0.05) is 41.1 Å². The zero-order chi connectivity index (χ0) is 17.6. The van der Waals surface area contributed by atoms with E-state index in [-0.39, 0.29) is 17.2 Å². The number of halogens is 1. The first kappa shape index (κ1) is 15.8. The first-order valence-electron chi connectivity index (χ1n) is 7.51. The van der Waals surface area contributed by atoms with Crippen LogP contribution in [0.3, 0.4) is 0 Å². The van der Waals surface area contributed by atoms with Gasteiger partial charge in [0.1, 0.15) is 5.69 Å². The highest BCUT2D eigenvalue weighted by Crippen LogP contribution is 2.27. The van der Waals surface area contributed by atoms with E-state index in [0.717, 1.165) is 10.3 Å². The van der Waals surface area contributed by atoms with Crippen molar-refractivity contribution in [3.63, 3.8) is 0 Å². The van der Waals surface area contributed by atoms with Crippen LogP contribution < -0.4 is 10.9 Å². The summed E-state index contributed by atoms with van der Waals surface area (Å²) in [5.41, 5.74) is 1.90. The fraction of sp³-hybridized carbons (Fsp3) is 0.0556. The van der Waals surface area contributed by atoms with Gasteiger partial charge < -0.3 is 5.32 Å². The number of nitrogens with one attached hydrogen (secondary N) is 1. The van der Waals surface area contributed by atoms with Gasteiger partial charge in [0, 0.05) is 10.6 Å². The van der Waals surface area contributed by atoms with Crippen molar-refractivity contribution >= 4 is 49.7 Å². The second-order valence-electron chi connectivity index (χ2n) is 5.58. The van der Waals surface area contributed by atoms with Crippen LogP contribution in [-0.4, -0.2) is 15.3 Å². The number of benzene rings is 2. The van der Waals surface area contributed by atoms with E-state index in [9.17, 15) is 9.59 Å². The highest BCUT2D eigenvalue weighted by atomic mass is 35.5. The maximum absolute atomic E-state index is 12.8. The van der Waals surface area contributed by atoms with E-state index in [1.807, 2.05) is 19.1 Å². The minimum Gasteiger partial charge on any atom is -0.316 e. The van der Waals surface area contributed by atoms with Crippen LogP contribution in [0.1, 0.15) is 15.9 Å². The third-order valence-corrected chi connectivity index (χ3v) is 5.18. The molecule has 2 aromatic carbocycles. The molecule has 0 saturated carbocycles. The Balaban J connectivity index is 1.82. The Morgan fingerprint density at radius 2 is 2.04 bits per heavy atom. The highest BCUT2D eigenvalue weighted by Gasteiger charge is 2.15. The number of carbonyl (C=O) groups excluding carboxylic acids is 1. The number of amides is 1. The summed E-state index contributed by atoms with van der Waals surface area (Å²) in [6.45, 7) is 1.85. The number of aromatic nitrogens is 2. The van der Waals surface area contributed by atoms with Crippen LogP contribution in [0.4, 0.5) is 5.69 Å². The minimum atomic E-state index is -0.334. The lowest BCUT2D eigenvalue weighted by Gasteiger charge is -2.07. The van der Waals surface area contributed by atoms with Crippen molar-refractivity contribution in [1.82, 2.24) is 9.38 Å². The topological polar surface area (TPSA) is 63.5 Å². The number of hydrogen-bond acceptors (Lipinski definition) is 4. The fourth-order valence-electron chi connectivity index (χ4n) is 2.68. The zero-order valence-corrected chi connectivity index (χ0v) is 14.7. The summed E-state index contributed by atoms with van der Waals surface area (Å²) in [5.74, 6) is -0.334. The quantitative estimate of drug-likeness (QED) is 0.578. The molecule has 1 N–H and O–H groups in total. The molecule has 25 heavy (non-hydrogen) atoms. The lowest BCUT2D eigenvalue weighted by Crippen LogP contribution is -2.23. The minimum absolute atomic E-state index is 0.139. The molecule has 4 rings (SSSR count). The predicted molar refractivity (Wildman–Crippen MR) is 101 cm³/mol. The van der Waals surface area contributed by atoms with Crippen LogP contribution in [0, 0.1) is 6.92 Å². The lowest BCUT2D eigenvalue weighted by atomic mass is 10.1. The van der Waals surface area contributed by atoms with Gasteiger partial charge in [0.05, 0.1) is 16.4 Å². The SMILES string of the molecule is Cc1ccccc1C(=O)Nc1cnc2sc3cc(Cl)ccc3n2c1=O. The number of rotatable bonds is 2. The summed E-state index contributed by atoms with van der Waals surface area (Å²) in [4.78, 5) is 30.1. The van der Waals surface area contributed by atoms with Crippen LogP contribution in [0.15, 0.2) is 53.5 Å². The normalized spacial score (nSPS) is 11.1. The number of hydrogen-bond donors (Lipinski definition) is 1. The largest absolute Gasteiger partial charge is 0.316 e. The smallest absolute Gasteiger partial charge is 0.282 e. The Labute approximate surface area is 151 Å². The van der Waals surface area contributed by atoms with E-state index >= 15 is 0 Å². The second kappa shape index (κ2) is 5.98. The van der Waals surface area contributed by atoms with E-state index in [1.165, 1.54) is 21.9 Å². The van der Waals surface area contributed by atoms with Crippen molar-refractivity contribution in [3.05, 3.63) is 75.2 Å². The maximum atomic E-state index is 12.8. The summed E-state index contributed by atoms with van der Waals surface area (Å²) < 4.78 is 2.35. The maximum Gasteiger partial charge on any atom is 0.282 e. The Morgan fingerprint density at radius 1 is 1.24 bits per heavy atom. The van der Waals surface area contributed by atoms with Crippen LogP contribution in [0.25, 0.3) is 15.2 Å². The third kappa shape index (κ3) is 2.69. The van der Waals surface area contributed by atoms with Crippen LogP contribution >= 0.6 is 22.9 Å². The number of nitrogens with zero attached hydrogens (tertiary/aromatic N) is 2. The Morgan fingerprint density at radius 3 is 2.84 bits per heavy atom. The van der Waals surface area contributed by atoms with Crippen LogP contribution in [-0.2, 0) is 0 Å². The second-order valence-corrected chi connectivity index (χ2v) is 7.02. The molecule has 0 aliphatic carbocycles. The highest BCUT2D eigenvalue weighted by molar-refractivity contribution is 7.23. The summed E-state index contributed by atoms with van der Waals surface area (Å²) in [6, 6.07) is 12.5. The molecule has 0 saturated heterocycles. The van der Waals surface area contributed by atoms with Crippen LogP contribution in [0.5, 0.6) is 0 Å². The van der Waals surface area contributed by atoms with E-state index in [0.29, 0.717) is 21.1 Å². The number of aryl methyl sites for hydroxylation is 1. The summed E-state index contributed by atoms with van der Waals surface area (Å²) in [6.07, 6.45) is 1.39. The summed E-state index contributed by atoms with van der Waals surface area (Å²) >= 11 is 7.38. The number of carbonyl (C=O) groups is 1. The van der Waals surface area contributed by atoms with Crippen molar-refractivity contribution in [2.24, 2.45) is 0 Å². The summed E-state index contributed by atoms with van der Waals surface area (Å²) in [7, 11) is 0. The van der Waals surface area contributed by atoms with Gasteiger partial charge in [-0.05, 0) is 36.8 Å².